The van der Waals surface area contributed by atoms with Crippen LogP contribution in [0.5, 0.6) is 0 Å². The number of hydrogen-bond donors (Lipinski definition) is 1. The molecule has 0 radical (unpaired) electrons. The lowest BCUT2D eigenvalue weighted by atomic mass is 10.2. The van der Waals surface area contributed by atoms with Crippen LogP contribution in [0.25, 0.3) is 0 Å². The van der Waals surface area contributed by atoms with Crippen LogP contribution in [0, 0.1) is 0 Å². The van der Waals surface area contributed by atoms with Crippen molar-refractivity contribution in [3.8, 4) is 0 Å². The maximum Gasteiger partial charge on any atom is 0.153 e. The van der Waals surface area contributed by atoms with Crippen LogP contribution in [0.3, 0.4) is 0 Å². The van der Waals surface area contributed by atoms with Crippen LogP contribution in [-0.4, -0.2) is 12.2 Å². The van der Waals surface area contributed by atoms with Gasteiger partial charge in [-0.2, -0.15) is 0 Å². The van der Waals surface area contributed by atoms with Crippen LogP contribution in [0.2, 0.25) is 5.02 Å². The Kier molecular flexibility index (Phi) is 4.12. The number of benzene rings is 1. The summed E-state index contributed by atoms with van der Waals surface area (Å²) in [6.45, 7) is 0. The van der Waals surface area contributed by atoms with E-state index >= 15 is 0 Å². The maximum atomic E-state index is 5.82. The Morgan fingerprint density at radius 1 is 1.62 bits per heavy atom. The molecule has 0 saturated carbocycles. The third-order valence-electron chi connectivity index (χ3n) is 1.50. The summed E-state index contributed by atoms with van der Waals surface area (Å²) in [4.78, 5) is 3.85. The number of thioether (sulfide) groups is 1. The molecule has 0 saturated heterocycles. The topological polar surface area (TPSA) is 38.4 Å². The summed E-state index contributed by atoms with van der Waals surface area (Å²) >= 11 is 7.33. The van der Waals surface area contributed by atoms with Gasteiger partial charge in [0.1, 0.15) is 0 Å². The van der Waals surface area contributed by atoms with Gasteiger partial charge in [-0.15, -0.1) is 0 Å². The highest BCUT2D eigenvalue weighted by Crippen LogP contribution is 2.16. The van der Waals surface area contributed by atoms with Crippen molar-refractivity contribution >= 4 is 28.5 Å². The predicted octanol–water partition coefficient (Wildman–Crippen LogP) is 2.52. The molecule has 4 heteroatoms. The summed E-state index contributed by atoms with van der Waals surface area (Å²) in [5.41, 5.74) is 6.70. The summed E-state index contributed by atoms with van der Waals surface area (Å²) in [6, 6.07) is 7.73. The summed E-state index contributed by atoms with van der Waals surface area (Å²) < 4.78 is 0. The Morgan fingerprint density at radius 2 is 2.38 bits per heavy atom. The largest absolute Gasteiger partial charge is 0.379 e. The van der Waals surface area contributed by atoms with Crippen molar-refractivity contribution in [3.05, 3.63) is 34.9 Å². The quantitative estimate of drug-likeness (QED) is 0.607. The molecular formula is C9H11ClN2S. The standard InChI is InChI=1S/C9H11ClN2S/c1-12-9(11)13-6-7-3-2-4-8(10)5-7/h2-5H,6H2,1H3,(H2,11,12). The van der Waals surface area contributed by atoms with Gasteiger partial charge in [-0.05, 0) is 17.7 Å². The molecule has 1 aromatic rings. The summed E-state index contributed by atoms with van der Waals surface area (Å²) in [5.74, 6) is 0.809. The van der Waals surface area contributed by atoms with E-state index in [1.165, 1.54) is 11.8 Å². The fraction of sp³-hybridized carbons (Fsp3) is 0.222. The second-order valence-electron chi connectivity index (χ2n) is 2.48. The highest BCUT2D eigenvalue weighted by molar-refractivity contribution is 8.13. The van der Waals surface area contributed by atoms with Crippen molar-refractivity contribution in [1.82, 2.24) is 0 Å². The second-order valence-corrected chi connectivity index (χ2v) is 3.91. The summed E-state index contributed by atoms with van der Waals surface area (Å²) in [5, 5.41) is 1.35. The van der Waals surface area contributed by atoms with Crippen LogP contribution in [-0.2, 0) is 5.75 Å². The summed E-state index contributed by atoms with van der Waals surface area (Å²) in [7, 11) is 1.68. The van der Waals surface area contributed by atoms with E-state index in [0.29, 0.717) is 5.17 Å². The second kappa shape index (κ2) is 5.14. The Labute approximate surface area is 87.2 Å². The van der Waals surface area contributed by atoms with Crippen LogP contribution >= 0.6 is 23.4 Å². The number of halogens is 1. The highest BCUT2D eigenvalue weighted by Gasteiger charge is 1.96. The lowest BCUT2D eigenvalue weighted by Crippen LogP contribution is -2.05. The van der Waals surface area contributed by atoms with E-state index < -0.39 is 0 Å². The molecule has 0 unspecified atom stereocenters. The van der Waals surface area contributed by atoms with Gasteiger partial charge in [0, 0.05) is 17.8 Å². The molecule has 0 aromatic heterocycles. The van der Waals surface area contributed by atoms with Crippen LogP contribution < -0.4 is 5.73 Å². The van der Waals surface area contributed by atoms with Gasteiger partial charge in [0.25, 0.3) is 0 Å². The Bertz CT molecular complexity index is 312. The number of aliphatic imine (C=N–C) groups is 1. The van der Waals surface area contributed by atoms with E-state index in [0.717, 1.165) is 16.3 Å². The van der Waals surface area contributed by atoms with E-state index in [4.69, 9.17) is 17.3 Å². The van der Waals surface area contributed by atoms with E-state index in [2.05, 4.69) is 4.99 Å². The molecule has 0 heterocycles. The number of amidine groups is 1. The molecule has 0 atom stereocenters. The van der Waals surface area contributed by atoms with Gasteiger partial charge in [-0.25, -0.2) is 0 Å². The van der Waals surface area contributed by atoms with Crippen molar-refractivity contribution in [1.29, 1.82) is 0 Å². The van der Waals surface area contributed by atoms with Gasteiger partial charge in [0.2, 0.25) is 0 Å². The fourth-order valence-corrected chi connectivity index (χ4v) is 1.68. The molecule has 0 aliphatic carbocycles. The van der Waals surface area contributed by atoms with Crippen molar-refractivity contribution < 1.29 is 0 Å². The third kappa shape index (κ3) is 3.70. The highest BCUT2D eigenvalue weighted by atomic mass is 35.5. The Balaban J connectivity index is 2.55. The zero-order valence-electron chi connectivity index (χ0n) is 7.33. The first-order valence-electron chi connectivity index (χ1n) is 3.82. The van der Waals surface area contributed by atoms with Crippen LogP contribution in [0.4, 0.5) is 0 Å². The molecular weight excluding hydrogens is 204 g/mol. The van der Waals surface area contributed by atoms with Crippen LogP contribution in [0.1, 0.15) is 5.56 Å². The molecule has 0 aliphatic heterocycles. The molecule has 70 valence electrons. The predicted molar refractivity (Wildman–Crippen MR) is 60.3 cm³/mol. The molecule has 0 fully saturated rings. The average molecular weight is 215 g/mol. The maximum absolute atomic E-state index is 5.82. The Morgan fingerprint density at radius 3 is 3.00 bits per heavy atom. The van der Waals surface area contributed by atoms with Gasteiger partial charge < -0.3 is 5.73 Å². The van der Waals surface area contributed by atoms with Gasteiger partial charge in [-0.3, -0.25) is 4.99 Å². The van der Waals surface area contributed by atoms with Crippen molar-refractivity contribution in [3.63, 3.8) is 0 Å². The molecule has 0 amide bonds. The third-order valence-corrected chi connectivity index (χ3v) is 2.69. The van der Waals surface area contributed by atoms with Crippen LogP contribution in [0.15, 0.2) is 29.3 Å². The minimum Gasteiger partial charge on any atom is -0.379 e. The fourth-order valence-electron chi connectivity index (χ4n) is 0.849. The van der Waals surface area contributed by atoms with E-state index in [9.17, 15) is 0 Å². The van der Waals surface area contributed by atoms with E-state index in [1.54, 1.807) is 7.05 Å². The number of hydrogen-bond acceptors (Lipinski definition) is 2. The summed E-state index contributed by atoms with van der Waals surface area (Å²) in [6.07, 6.45) is 0. The van der Waals surface area contributed by atoms with Gasteiger partial charge in [0.05, 0.1) is 0 Å². The van der Waals surface area contributed by atoms with Gasteiger partial charge >= 0.3 is 0 Å². The van der Waals surface area contributed by atoms with Crippen molar-refractivity contribution in [2.24, 2.45) is 10.7 Å². The lowest BCUT2D eigenvalue weighted by Gasteiger charge is -2.00. The zero-order valence-corrected chi connectivity index (χ0v) is 8.90. The number of rotatable bonds is 2. The molecule has 2 nitrogen and oxygen atoms in total. The first-order valence-corrected chi connectivity index (χ1v) is 5.18. The molecule has 1 aromatic carbocycles. The first kappa shape index (κ1) is 10.4. The number of nitrogens with two attached hydrogens (primary N) is 1. The molecule has 1 rings (SSSR count). The average Bonchev–Trinajstić information content (AvgIpc) is 2.14. The zero-order chi connectivity index (χ0) is 9.68. The smallest absolute Gasteiger partial charge is 0.153 e. The molecule has 0 bridgehead atoms. The SMILES string of the molecule is CN=C(N)SCc1cccc(Cl)c1. The molecule has 13 heavy (non-hydrogen) atoms. The van der Waals surface area contributed by atoms with Gasteiger partial charge in [-0.1, -0.05) is 35.5 Å². The van der Waals surface area contributed by atoms with E-state index in [-0.39, 0.29) is 0 Å². The van der Waals surface area contributed by atoms with Gasteiger partial charge in [0.15, 0.2) is 5.17 Å². The van der Waals surface area contributed by atoms with E-state index in [1.807, 2.05) is 24.3 Å². The lowest BCUT2D eigenvalue weighted by molar-refractivity contribution is 1.41. The minimum absolute atomic E-state index is 0.597. The normalized spacial score (nSPS) is 11.7. The van der Waals surface area contributed by atoms with Crippen molar-refractivity contribution in [2.75, 3.05) is 7.05 Å². The minimum atomic E-state index is 0.597. The monoisotopic (exact) mass is 214 g/mol. The molecule has 0 aliphatic rings. The Hall–Kier alpha value is -0.670. The van der Waals surface area contributed by atoms with Crippen molar-refractivity contribution in [2.45, 2.75) is 5.75 Å². The number of nitrogens with zero attached hydrogens (tertiary/aromatic N) is 1. The molecule has 2 N–H and O–H groups in total. The first-order chi connectivity index (χ1) is 6.22. The molecule has 0 spiro atoms.